The zero-order valence-corrected chi connectivity index (χ0v) is 14.7. The summed E-state index contributed by atoms with van der Waals surface area (Å²) in [5.41, 5.74) is 3.66. The SMILES string of the molecule is CC1CC(=O)NCCN1C(=O)c1cncc(-c2ccc3c(c2)CCO3)c1. The van der Waals surface area contributed by atoms with Gasteiger partial charge in [-0.25, -0.2) is 0 Å². The summed E-state index contributed by atoms with van der Waals surface area (Å²) in [6.45, 7) is 3.61. The largest absolute Gasteiger partial charge is 0.493 e. The molecule has 2 amide bonds. The number of aromatic nitrogens is 1. The summed E-state index contributed by atoms with van der Waals surface area (Å²) in [4.78, 5) is 30.6. The molecule has 134 valence electrons. The maximum absolute atomic E-state index is 13.0. The minimum absolute atomic E-state index is 0.0139. The maximum atomic E-state index is 13.0. The number of carbonyl (C=O) groups excluding carboxylic acids is 2. The van der Waals surface area contributed by atoms with Crippen molar-refractivity contribution in [2.45, 2.75) is 25.8 Å². The van der Waals surface area contributed by atoms with Crippen LogP contribution in [0.15, 0.2) is 36.7 Å². The molecule has 1 aromatic heterocycles. The molecule has 1 N–H and O–H groups in total. The Morgan fingerprint density at radius 2 is 2.15 bits per heavy atom. The van der Waals surface area contributed by atoms with Gasteiger partial charge in [-0.15, -0.1) is 0 Å². The highest BCUT2D eigenvalue weighted by Crippen LogP contribution is 2.30. The lowest BCUT2D eigenvalue weighted by Gasteiger charge is -2.26. The molecule has 1 fully saturated rings. The fourth-order valence-electron chi connectivity index (χ4n) is 3.54. The summed E-state index contributed by atoms with van der Waals surface area (Å²) in [6.07, 6.45) is 4.59. The first-order chi connectivity index (χ1) is 12.6. The number of hydrogen-bond acceptors (Lipinski definition) is 4. The topological polar surface area (TPSA) is 71.5 Å². The predicted octanol–water partition coefficient (Wildman–Crippen LogP) is 2.03. The van der Waals surface area contributed by atoms with Gasteiger partial charge in [-0.3, -0.25) is 14.6 Å². The van der Waals surface area contributed by atoms with Crippen molar-refractivity contribution in [3.8, 4) is 16.9 Å². The highest BCUT2D eigenvalue weighted by molar-refractivity contribution is 5.96. The fourth-order valence-corrected chi connectivity index (χ4v) is 3.54. The third-order valence-corrected chi connectivity index (χ3v) is 4.96. The van der Waals surface area contributed by atoms with E-state index in [1.807, 2.05) is 25.1 Å². The predicted molar refractivity (Wildman–Crippen MR) is 97.0 cm³/mol. The molecule has 3 heterocycles. The Balaban J connectivity index is 1.61. The monoisotopic (exact) mass is 351 g/mol. The van der Waals surface area contributed by atoms with Crippen LogP contribution in [0.5, 0.6) is 5.75 Å². The van der Waals surface area contributed by atoms with E-state index in [2.05, 4.69) is 16.4 Å². The van der Waals surface area contributed by atoms with E-state index in [1.54, 1.807) is 17.3 Å². The van der Waals surface area contributed by atoms with Crippen LogP contribution in [0.2, 0.25) is 0 Å². The molecule has 0 bridgehead atoms. The highest BCUT2D eigenvalue weighted by atomic mass is 16.5. The van der Waals surface area contributed by atoms with Crippen LogP contribution in [0.1, 0.15) is 29.3 Å². The van der Waals surface area contributed by atoms with E-state index in [9.17, 15) is 9.59 Å². The third kappa shape index (κ3) is 3.14. The van der Waals surface area contributed by atoms with Crippen LogP contribution in [0.3, 0.4) is 0 Å². The molecule has 2 aliphatic rings. The summed E-state index contributed by atoms with van der Waals surface area (Å²) < 4.78 is 5.55. The lowest BCUT2D eigenvalue weighted by atomic mass is 10.0. The maximum Gasteiger partial charge on any atom is 0.255 e. The number of carbonyl (C=O) groups is 2. The van der Waals surface area contributed by atoms with E-state index in [0.29, 0.717) is 25.1 Å². The zero-order valence-electron chi connectivity index (χ0n) is 14.7. The van der Waals surface area contributed by atoms with E-state index in [0.717, 1.165) is 29.9 Å². The molecule has 2 aliphatic heterocycles. The first kappa shape index (κ1) is 16.6. The van der Waals surface area contributed by atoms with E-state index in [-0.39, 0.29) is 17.9 Å². The number of rotatable bonds is 2. The van der Waals surface area contributed by atoms with Gasteiger partial charge in [-0.1, -0.05) is 6.07 Å². The second-order valence-corrected chi connectivity index (χ2v) is 6.78. The molecule has 1 saturated heterocycles. The Kier molecular flexibility index (Phi) is 4.32. The van der Waals surface area contributed by atoms with Crippen LogP contribution >= 0.6 is 0 Å². The van der Waals surface area contributed by atoms with Gasteiger partial charge in [-0.2, -0.15) is 0 Å². The fraction of sp³-hybridized carbons (Fsp3) is 0.350. The molecule has 0 radical (unpaired) electrons. The minimum Gasteiger partial charge on any atom is -0.493 e. The third-order valence-electron chi connectivity index (χ3n) is 4.96. The average Bonchev–Trinajstić information content (AvgIpc) is 3.05. The van der Waals surface area contributed by atoms with Crippen molar-refractivity contribution in [3.63, 3.8) is 0 Å². The van der Waals surface area contributed by atoms with Crippen molar-refractivity contribution in [3.05, 3.63) is 47.8 Å². The first-order valence-corrected chi connectivity index (χ1v) is 8.90. The molecule has 2 aromatic rings. The van der Waals surface area contributed by atoms with Crippen LogP contribution in [0.25, 0.3) is 11.1 Å². The van der Waals surface area contributed by atoms with Crippen molar-refractivity contribution in [1.29, 1.82) is 0 Å². The summed E-state index contributed by atoms with van der Waals surface area (Å²) in [5.74, 6) is 0.831. The molecule has 1 unspecified atom stereocenters. The van der Waals surface area contributed by atoms with Crippen molar-refractivity contribution in [1.82, 2.24) is 15.2 Å². The summed E-state index contributed by atoms with van der Waals surface area (Å²) in [6, 6.07) is 7.81. The number of amides is 2. The summed E-state index contributed by atoms with van der Waals surface area (Å²) in [5, 5.41) is 2.81. The van der Waals surface area contributed by atoms with Crippen molar-refractivity contribution < 1.29 is 14.3 Å². The van der Waals surface area contributed by atoms with Gasteiger partial charge in [0.15, 0.2) is 0 Å². The van der Waals surface area contributed by atoms with E-state index in [4.69, 9.17) is 4.74 Å². The number of hydrogen-bond donors (Lipinski definition) is 1. The number of benzene rings is 1. The Morgan fingerprint density at radius 1 is 1.27 bits per heavy atom. The van der Waals surface area contributed by atoms with Crippen molar-refractivity contribution in [2.75, 3.05) is 19.7 Å². The first-order valence-electron chi connectivity index (χ1n) is 8.90. The zero-order chi connectivity index (χ0) is 18.1. The molecule has 0 spiro atoms. The normalized spacial score (nSPS) is 19.3. The Morgan fingerprint density at radius 3 is 3.04 bits per heavy atom. The van der Waals surface area contributed by atoms with Crippen LogP contribution in [-0.4, -0.2) is 47.4 Å². The van der Waals surface area contributed by atoms with Gasteiger partial charge in [-0.05, 0) is 36.2 Å². The van der Waals surface area contributed by atoms with Gasteiger partial charge >= 0.3 is 0 Å². The number of pyridine rings is 1. The van der Waals surface area contributed by atoms with Crippen molar-refractivity contribution >= 4 is 11.8 Å². The lowest BCUT2D eigenvalue weighted by molar-refractivity contribution is -0.121. The molecular weight excluding hydrogens is 330 g/mol. The molecule has 26 heavy (non-hydrogen) atoms. The van der Waals surface area contributed by atoms with E-state index < -0.39 is 0 Å². The van der Waals surface area contributed by atoms with Crippen LogP contribution in [0.4, 0.5) is 0 Å². The van der Waals surface area contributed by atoms with E-state index >= 15 is 0 Å². The molecule has 1 atom stereocenters. The second-order valence-electron chi connectivity index (χ2n) is 6.78. The number of fused-ring (bicyclic) bond motifs is 1. The Hall–Kier alpha value is -2.89. The molecule has 6 heteroatoms. The van der Waals surface area contributed by atoms with Crippen LogP contribution in [0, 0.1) is 0 Å². The molecule has 4 rings (SSSR count). The lowest BCUT2D eigenvalue weighted by Crippen LogP contribution is -2.39. The molecule has 6 nitrogen and oxygen atoms in total. The van der Waals surface area contributed by atoms with Gasteiger partial charge in [0, 0.05) is 49.9 Å². The molecular formula is C20H21N3O3. The summed E-state index contributed by atoms with van der Waals surface area (Å²) in [7, 11) is 0. The smallest absolute Gasteiger partial charge is 0.255 e. The average molecular weight is 351 g/mol. The van der Waals surface area contributed by atoms with Gasteiger partial charge in [0.25, 0.3) is 5.91 Å². The number of nitrogens with zero attached hydrogens (tertiary/aromatic N) is 2. The number of ether oxygens (including phenoxy) is 1. The quantitative estimate of drug-likeness (QED) is 0.899. The minimum atomic E-state index is -0.134. The van der Waals surface area contributed by atoms with Crippen LogP contribution < -0.4 is 10.1 Å². The number of nitrogens with one attached hydrogen (secondary N) is 1. The van der Waals surface area contributed by atoms with Gasteiger partial charge in [0.05, 0.1) is 12.2 Å². The Bertz CT molecular complexity index is 865. The van der Waals surface area contributed by atoms with Gasteiger partial charge < -0.3 is 15.0 Å². The highest BCUT2D eigenvalue weighted by Gasteiger charge is 2.26. The van der Waals surface area contributed by atoms with Crippen molar-refractivity contribution in [2.24, 2.45) is 0 Å². The molecule has 1 aromatic carbocycles. The second kappa shape index (κ2) is 6.78. The Labute approximate surface area is 152 Å². The van der Waals surface area contributed by atoms with Crippen LogP contribution in [-0.2, 0) is 11.2 Å². The van der Waals surface area contributed by atoms with Gasteiger partial charge in [0.1, 0.15) is 5.75 Å². The molecule has 0 saturated carbocycles. The van der Waals surface area contributed by atoms with Gasteiger partial charge in [0.2, 0.25) is 5.91 Å². The van der Waals surface area contributed by atoms with E-state index in [1.165, 1.54) is 5.56 Å². The molecule has 0 aliphatic carbocycles. The standard InChI is InChI=1S/C20H21N3O3/c1-13-8-19(24)22-5-6-23(13)20(25)17-10-16(11-21-12-17)14-2-3-18-15(9-14)4-7-26-18/h2-3,9-13H,4-8H2,1H3,(H,22,24). The summed E-state index contributed by atoms with van der Waals surface area (Å²) >= 11 is 0.